The minimum absolute atomic E-state index is 0.0412. The Hall–Kier alpha value is -2.40. The predicted octanol–water partition coefficient (Wildman–Crippen LogP) is 3.17. The van der Waals surface area contributed by atoms with Gasteiger partial charge in [0.1, 0.15) is 5.75 Å². The highest BCUT2D eigenvalue weighted by Crippen LogP contribution is 2.23. The van der Waals surface area contributed by atoms with Gasteiger partial charge in [-0.3, -0.25) is 4.79 Å². The molecule has 2 heterocycles. The van der Waals surface area contributed by atoms with Gasteiger partial charge in [0, 0.05) is 17.6 Å². The molecule has 0 spiro atoms. The molecule has 4 nitrogen and oxygen atoms in total. The van der Waals surface area contributed by atoms with E-state index in [0.29, 0.717) is 16.2 Å². The molecule has 0 aliphatic carbocycles. The second-order valence-electron chi connectivity index (χ2n) is 4.19. The number of rotatable bonds is 4. The first-order valence-corrected chi connectivity index (χ1v) is 6.93. The van der Waals surface area contributed by atoms with Gasteiger partial charge in [-0.05, 0) is 12.1 Å². The normalized spacial score (nSPS) is 10.4. The van der Waals surface area contributed by atoms with Crippen molar-refractivity contribution in [3.05, 3.63) is 64.6 Å². The lowest BCUT2D eigenvalue weighted by Gasteiger charge is -1.98. The summed E-state index contributed by atoms with van der Waals surface area (Å²) in [7, 11) is 1.59. The molecule has 0 bridgehead atoms. The molecule has 0 amide bonds. The Morgan fingerprint density at radius 1 is 1.30 bits per heavy atom. The van der Waals surface area contributed by atoms with Crippen LogP contribution < -0.4 is 4.74 Å². The third-order valence-electron chi connectivity index (χ3n) is 2.90. The average molecular weight is 284 g/mol. The van der Waals surface area contributed by atoms with E-state index in [9.17, 15) is 4.79 Å². The van der Waals surface area contributed by atoms with Crippen molar-refractivity contribution in [2.75, 3.05) is 7.11 Å². The van der Waals surface area contributed by atoms with Gasteiger partial charge in [0.25, 0.3) is 0 Å². The summed E-state index contributed by atoms with van der Waals surface area (Å²) in [5.74, 6) is 0.661. The molecule has 2 aromatic heterocycles. The van der Waals surface area contributed by atoms with Gasteiger partial charge in [-0.2, -0.15) is 5.10 Å². The summed E-state index contributed by atoms with van der Waals surface area (Å²) in [6.45, 7) is 0. The molecule has 0 unspecified atom stereocenters. The van der Waals surface area contributed by atoms with Crippen molar-refractivity contribution >= 4 is 17.1 Å². The second-order valence-corrected chi connectivity index (χ2v) is 5.10. The summed E-state index contributed by atoms with van der Waals surface area (Å²) in [4.78, 5) is 13.0. The van der Waals surface area contributed by atoms with Gasteiger partial charge in [0.05, 0.1) is 29.4 Å². The Morgan fingerprint density at radius 3 is 2.80 bits per heavy atom. The first-order valence-electron chi connectivity index (χ1n) is 6.05. The molecule has 0 atom stereocenters. The summed E-state index contributed by atoms with van der Waals surface area (Å²) >= 11 is 1.37. The van der Waals surface area contributed by atoms with E-state index in [1.165, 1.54) is 11.3 Å². The SMILES string of the molecule is COc1csc(C(=O)c2cnn(-c3ccccc3)c2)c1. The molecule has 5 heteroatoms. The van der Waals surface area contributed by atoms with Crippen molar-refractivity contribution in [2.45, 2.75) is 0 Å². The lowest BCUT2D eigenvalue weighted by molar-refractivity contribution is 0.104. The first kappa shape index (κ1) is 12.6. The van der Waals surface area contributed by atoms with Crippen molar-refractivity contribution in [3.8, 4) is 11.4 Å². The van der Waals surface area contributed by atoms with E-state index in [1.54, 1.807) is 30.3 Å². The smallest absolute Gasteiger partial charge is 0.206 e. The van der Waals surface area contributed by atoms with Crippen molar-refractivity contribution in [1.29, 1.82) is 0 Å². The van der Waals surface area contributed by atoms with E-state index in [4.69, 9.17) is 4.74 Å². The molecule has 20 heavy (non-hydrogen) atoms. The predicted molar refractivity (Wildman–Crippen MR) is 77.9 cm³/mol. The molecule has 0 N–H and O–H groups in total. The van der Waals surface area contributed by atoms with Crippen molar-refractivity contribution in [1.82, 2.24) is 9.78 Å². The van der Waals surface area contributed by atoms with E-state index >= 15 is 0 Å². The molecule has 3 rings (SSSR count). The number of hydrogen-bond donors (Lipinski definition) is 0. The van der Waals surface area contributed by atoms with E-state index in [1.807, 2.05) is 35.7 Å². The average Bonchev–Trinajstić information content (AvgIpc) is 3.17. The molecule has 0 saturated heterocycles. The third-order valence-corrected chi connectivity index (χ3v) is 3.81. The first-order chi connectivity index (χ1) is 9.78. The fourth-order valence-electron chi connectivity index (χ4n) is 1.85. The van der Waals surface area contributed by atoms with Crippen LogP contribution >= 0.6 is 11.3 Å². The van der Waals surface area contributed by atoms with Gasteiger partial charge < -0.3 is 4.74 Å². The third kappa shape index (κ3) is 2.35. The quantitative estimate of drug-likeness (QED) is 0.691. The molecule has 3 aromatic rings. The number of ether oxygens (including phenoxy) is 1. The van der Waals surface area contributed by atoms with Crippen LogP contribution in [0.25, 0.3) is 5.69 Å². The van der Waals surface area contributed by atoms with E-state index in [0.717, 1.165) is 5.69 Å². The lowest BCUT2D eigenvalue weighted by Crippen LogP contribution is -1.97. The van der Waals surface area contributed by atoms with Crippen LogP contribution in [-0.4, -0.2) is 22.7 Å². The maximum absolute atomic E-state index is 12.3. The number of carbonyl (C=O) groups excluding carboxylic acids is 1. The number of para-hydroxylation sites is 1. The van der Waals surface area contributed by atoms with Crippen LogP contribution in [0.3, 0.4) is 0 Å². The Bertz CT molecular complexity index is 731. The standard InChI is InChI=1S/C15H12N2O2S/c1-19-13-7-14(20-10-13)15(18)11-8-16-17(9-11)12-5-3-2-4-6-12/h2-10H,1H3. The zero-order chi connectivity index (χ0) is 13.9. The van der Waals surface area contributed by atoms with E-state index in [2.05, 4.69) is 5.10 Å². The number of hydrogen-bond acceptors (Lipinski definition) is 4. The van der Waals surface area contributed by atoms with Crippen LogP contribution in [0.2, 0.25) is 0 Å². The topological polar surface area (TPSA) is 44.1 Å². The zero-order valence-electron chi connectivity index (χ0n) is 10.8. The molecule has 1 aromatic carbocycles. The number of thiophene rings is 1. The number of carbonyl (C=O) groups is 1. The van der Waals surface area contributed by atoms with Crippen LogP contribution in [0.5, 0.6) is 5.75 Å². The van der Waals surface area contributed by atoms with Crippen molar-refractivity contribution < 1.29 is 9.53 Å². The minimum Gasteiger partial charge on any atom is -0.496 e. The highest BCUT2D eigenvalue weighted by molar-refractivity contribution is 7.12. The minimum atomic E-state index is -0.0412. The van der Waals surface area contributed by atoms with Gasteiger partial charge in [-0.15, -0.1) is 11.3 Å². The van der Waals surface area contributed by atoms with Gasteiger partial charge in [0.15, 0.2) is 0 Å². The summed E-state index contributed by atoms with van der Waals surface area (Å²) in [5, 5.41) is 6.04. The number of methoxy groups -OCH3 is 1. The Balaban J connectivity index is 1.88. The van der Waals surface area contributed by atoms with Crippen LogP contribution in [0, 0.1) is 0 Å². The van der Waals surface area contributed by atoms with Crippen molar-refractivity contribution in [3.63, 3.8) is 0 Å². The van der Waals surface area contributed by atoms with Crippen molar-refractivity contribution in [2.24, 2.45) is 0 Å². The Morgan fingerprint density at radius 2 is 2.10 bits per heavy atom. The number of nitrogens with zero attached hydrogens (tertiary/aromatic N) is 2. The fraction of sp³-hybridized carbons (Fsp3) is 0.0667. The maximum atomic E-state index is 12.3. The Kier molecular flexibility index (Phi) is 3.35. The molecule has 0 radical (unpaired) electrons. The lowest BCUT2D eigenvalue weighted by atomic mass is 10.2. The summed E-state index contributed by atoms with van der Waals surface area (Å²) in [6.07, 6.45) is 3.32. The van der Waals surface area contributed by atoms with Crippen LogP contribution in [0.4, 0.5) is 0 Å². The zero-order valence-corrected chi connectivity index (χ0v) is 11.6. The largest absolute Gasteiger partial charge is 0.496 e. The number of benzene rings is 1. The highest BCUT2D eigenvalue weighted by Gasteiger charge is 2.14. The van der Waals surface area contributed by atoms with E-state index in [-0.39, 0.29) is 5.78 Å². The molecular formula is C15H12N2O2S. The molecule has 100 valence electrons. The monoisotopic (exact) mass is 284 g/mol. The molecule has 0 aliphatic rings. The summed E-state index contributed by atoms with van der Waals surface area (Å²) in [6, 6.07) is 11.4. The van der Waals surface area contributed by atoms with E-state index < -0.39 is 0 Å². The molecular weight excluding hydrogens is 272 g/mol. The molecule has 0 saturated carbocycles. The Labute approximate surface area is 120 Å². The highest BCUT2D eigenvalue weighted by atomic mass is 32.1. The number of ketones is 1. The van der Waals surface area contributed by atoms with Gasteiger partial charge in [0.2, 0.25) is 5.78 Å². The second kappa shape index (κ2) is 5.30. The van der Waals surface area contributed by atoms with Crippen LogP contribution in [0.15, 0.2) is 54.2 Å². The van der Waals surface area contributed by atoms with Gasteiger partial charge >= 0.3 is 0 Å². The van der Waals surface area contributed by atoms with Gasteiger partial charge in [-0.1, -0.05) is 18.2 Å². The summed E-state index contributed by atoms with van der Waals surface area (Å²) < 4.78 is 6.79. The maximum Gasteiger partial charge on any atom is 0.206 e. The van der Waals surface area contributed by atoms with Gasteiger partial charge in [-0.25, -0.2) is 4.68 Å². The summed E-state index contributed by atoms with van der Waals surface area (Å²) in [5.41, 5.74) is 1.49. The van der Waals surface area contributed by atoms with Crippen LogP contribution in [-0.2, 0) is 0 Å². The molecule has 0 fully saturated rings. The fourth-order valence-corrected chi connectivity index (χ4v) is 2.67. The molecule has 0 aliphatic heterocycles. The van der Waals surface area contributed by atoms with Crippen LogP contribution in [0.1, 0.15) is 15.2 Å². The number of aromatic nitrogens is 2.